The smallest absolute Gasteiger partial charge is 0.223 e. The number of likely N-dealkylation sites (tertiary alicyclic amines) is 1. The van der Waals surface area contributed by atoms with Crippen molar-refractivity contribution in [3.8, 4) is 0 Å². The van der Waals surface area contributed by atoms with Crippen molar-refractivity contribution in [3.63, 3.8) is 0 Å². The van der Waals surface area contributed by atoms with Gasteiger partial charge < -0.3 is 10.2 Å². The van der Waals surface area contributed by atoms with Crippen molar-refractivity contribution in [1.29, 1.82) is 0 Å². The number of rotatable bonds is 7. The average molecular weight is 328 g/mol. The molecule has 1 heterocycles. The molecule has 1 aliphatic rings. The van der Waals surface area contributed by atoms with E-state index in [-0.39, 0.29) is 30.1 Å². The zero-order valence-corrected chi connectivity index (χ0v) is 13.9. The molecule has 1 aliphatic heterocycles. The largest absolute Gasteiger partial charge is 0.343 e. The number of carbonyl (C=O) groups is 1. The summed E-state index contributed by atoms with van der Waals surface area (Å²) in [6.45, 7) is 3.81. The zero-order valence-electron chi connectivity index (χ0n) is 12.2. The number of hydrogen-bond acceptors (Lipinski definition) is 4. The van der Waals surface area contributed by atoms with Crippen LogP contribution in [0.4, 0.5) is 0 Å². The van der Waals surface area contributed by atoms with Crippen LogP contribution in [0.3, 0.4) is 0 Å². The fourth-order valence-electron chi connectivity index (χ4n) is 2.22. The zero-order chi connectivity index (χ0) is 14.3. The van der Waals surface area contributed by atoms with Gasteiger partial charge in [0.25, 0.3) is 0 Å². The highest BCUT2D eigenvalue weighted by Gasteiger charge is 2.25. The first-order valence-corrected chi connectivity index (χ1v) is 8.56. The van der Waals surface area contributed by atoms with Gasteiger partial charge in [0.2, 0.25) is 15.9 Å². The summed E-state index contributed by atoms with van der Waals surface area (Å²) in [5.41, 5.74) is 0. The molecule has 6 nitrogen and oxygen atoms in total. The predicted octanol–water partition coefficient (Wildman–Crippen LogP) is 0.338. The van der Waals surface area contributed by atoms with E-state index in [9.17, 15) is 13.2 Å². The number of halogens is 1. The summed E-state index contributed by atoms with van der Waals surface area (Å²) in [6, 6.07) is -0.0232. The van der Waals surface area contributed by atoms with E-state index in [2.05, 4.69) is 10.0 Å². The molecule has 20 heavy (non-hydrogen) atoms. The Bertz CT molecular complexity index is 381. The first-order valence-electron chi connectivity index (χ1n) is 6.91. The Kier molecular flexibility index (Phi) is 9.37. The van der Waals surface area contributed by atoms with E-state index in [1.165, 1.54) is 0 Å². The van der Waals surface area contributed by atoms with Gasteiger partial charge in [-0.3, -0.25) is 4.79 Å². The van der Waals surface area contributed by atoms with Gasteiger partial charge in [-0.05, 0) is 26.3 Å². The van der Waals surface area contributed by atoms with Gasteiger partial charge in [-0.2, -0.15) is 0 Å². The number of nitrogens with one attached hydrogen (secondary N) is 2. The fourth-order valence-corrected chi connectivity index (χ4v) is 3.62. The third-order valence-corrected chi connectivity index (χ3v) is 4.89. The number of nitrogens with zero attached hydrogens (tertiary/aromatic N) is 1. The molecule has 2 N–H and O–H groups in total. The third kappa shape index (κ3) is 6.88. The molecular weight excluding hydrogens is 302 g/mol. The monoisotopic (exact) mass is 327 g/mol. The van der Waals surface area contributed by atoms with Gasteiger partial charge >= 0.3 is 0 Å². The van der Waals surface area contributed by atoms with Gasteiger partial charge in [0.1, 0.15) is 0 Å². The van der Waals surface area contributed by atoms with Crippen LogP contribution in [0.1, 0.15) is 32.6 Å². The maximum Gasteiger partial charge on any atom is 0.223 e. The highest BCUT2D eigenvalue weighted by atomic mass is 35.5. The van der Waals surface area contributed by atoms with Gasteiger partial charge in [-0.25, -0.2) is 13.1 Å². The van der Waals surface area contributed by atoms with Crippen molar-refractivity contribution in [1.82, 2.24) is 14.9 Å². The number of piperidine rings is 1. The molecule has 1 saturated heterocycles. The minimum atomic E-state index is -3.15. The maximum atomic E-state index is 11.8. The third-order valence-electron chi connectivity index (χ3n) is 3.26. The van der Waals surface area contributed by atoms with Crippen LogP contribution in [0.5, 0.6) is 0 Å². The van der Waals surface area contributed by atoms with Crippen molar-refractivity contribution in [2.45, 2.75) is 38.6 Å². The van der Waals surface area contributed by atoms with Crippen molar-refractivity contribution >= 4 is 28.3 Å². The Morgan fingerprint density at radius 2 is 1.90 bits per heavy atom. The molecule has 8 heteroatoms. The molecule has 0 unspecified atom stereocenters. The second-order valence-corrected chi connectivity index (χ2v) is 6.82. The van der Waals surface area contributed by atoms with Gasteiger partial charge in [0, 0.05) is 32.1 Å². The minimum absolute atomic E-state index is 0. The lowest BCUT2D eigenvalue weighted by molar-refractivity contribution is -0.132. The molecule has 0 aliphatic carbocycles. The lowest BCUT2D eigenvalue weighted by Gasteiger charge is -2.32. The molecule has 0 aromatic rings. The molecule has 0 bridgehead atoms. The van der Waals surface area contributed by atoms with Crippen molar-refractivity contribution in [2.24, 2.45) is 0 Å². The Labute approximate surface area is 128 Å². The van der Waals surface area contributed by atoms with Crippen LogP contribution in [0.25, 0.3) is 0 Å². The SMILES string of the molecule is CCCS(=O)(=O)NC1CCN(C(=O)CCNC)CC1.Cl. The van der Waals surface area contributed by atoms with Crippen molar-refractivity contribution < 1.29 is 13.2 Å². The van der Waals surface area contributed by atoms with E-state index in [0.717, 1.165) is 0 Å². The molecule has 1 amide bonds. The number of hydrogen-bond donors (Lipinski definition) is 2. The predicted molar refractivity (Wildman–Crippen MR) is 82.6 cm³/mol. The summed E-state index contributed by atoms with van der Waals surface area (Å²) in [5.74, 6) is 0.318. The summed E-state index contributed by atoms with van der Waals surface area (Å²) < 4.78 is 26.0. The number of amides is 1. The van der Waals surface area contributed by atoms with Crippen molar-refractivity contribution in [2.75, 3.05) is 32.4 Å². The summed E-state index contributed by atoms with van der Waals surface area (Å²) >= 11 is 0. The highest BCUT2D eigenvalue weighted by molar-refractivity contribution is 7.89. The first kappa shape index (κ1) is 19.6. The molecule has 0 aromatic heterocycles. The topological polar surface area (TPSA) is 78.5 Å². The standard InChI is InChI=1S/C12H25N3O3S.ClH/c1-3-10-19(17,18)14-11-5-8-15(9-6-11)12(16)4-7-13-2;/h11,13-14H,3-10H2,1-2H3;1H. The lowest BCUT2D eigenvalue weighted by Crippen LogP contribution is -2.47. The number of carbonyl (C=O) groups excluding carboxylic acids is 1. The fraction of sp³-hybridized carbons (Fsp3) is 0.917. The molecule has 1 rings (SSSR count). The second kappa shape index (κ2) is 9.55. The molecule has 0 saturated carbocycles. The van der Waals surface area contributed by atoms with Crippen LogP contribution in [0.15, 0.2) is 0 Å². The normalized spacial score (nSPS) is 16.8. The van der Waals surface area contributed by atoms with E-state index in [4.69, 9.17) is 0 Å². The van der Waals surface area contributed by atoms with E-state index < -0.39 is 10.0 Å². The average Bonchev–Trinajstić information content (AvgIpc) is 2.36. The Balaban J connectivity index is 0.00000361. The molecule has 0 atom stereocenters. The van der Waals surface area contributed by atoms with Crippen molar-refractivity contribution in [3.05, 3.63) is 0 Å². The lowest BCUT2D eigenvalue weighted by atomic mass is 10.1. The van der Waals surface area contributed by atoms with Crippen LogP contribution in [0, 0.1) is 0 Å². The van der Waals surface area contributed by atoms with Crippen LogP contribution in [-0.2, 0) is 14.8 Å². The summed E-state index contributed by atoms with van der Waals surface area (Å²) in [7, 11) is -1.33. The quantitative estimate of drug-likeness (QED) is 0.706. The Hall–Kier alpha value is -0.370. The van der Waals surface area contributed by atoms with E-state index in [1.807, 2.05) is 18.9 Å². The molecule has 0 aromatic carbocycles. The van der Waals surface area contributed by atoms with E-state index >= 15 is 0 Å². The van der Waals surface area contributed by atoms with Gasteiger partial charge in [0.05, 0.1) is 5.75 Å². The maximum absolute atomic E-state index is 11.8. The molecule has 1 fully saturated rings. The number of sulfonamides is 1. The second-order valence-electron chi connectivity index (χ2n) is 4.95. The van der Waals surface area contributed by atoms with Crippen LogP contribution in [-0.4, -0.2) is 57.7 Å². The summed E-state index contributed by atoms with van der Waals surface area (Å²) in [5, 5.41) is 2.95. The molecule has 0 spiro atoms. The van der Waals surface area contributed by atoms with E-state index in [0.29, 0.717) is 45.3 Å². The first-order chi connectivity index (χ1) is 8.98. The van der Waals surface area contributed by atoms with E-state index in [1.54, 1.807) is 0 Å². The molecule has 0 radical (unpaired) electrons. The minimum Gasteiger partial charge on any atom is -0.343 e. The van der Waals surface area contributed by atoms with Crippen LogP contribution < -0.4 is 10.0 Å². The van der Waals surface area contributed by atoms with Crippen LogP contribution >= 0.6 is 12.4 Å². The highest BCUT2D eigenvalue weighted by Crippen LogP contribution is 2.12. The Morgan fingerprint density at radius 3 is 2.40 bits per heavy atom. The Morgan fingerprint density at radius 1 is 1.30 bits per heavy atom. The molecule has 120 valence electrons. The summed E-state index contributed by atoms with van der Waals surface area (Å²) in [6.07, 6.45) is 2.53. The van der Waals surface area contributed by atoms with Gasteiger partial charge in [0.15, 0.2) is 0 Å². The summed E-state index contributed by atoms with van der Waals surface area (Å²) in [4.78, 5) is 13.6. The van der Waals surface area contributed by atoms with Gasteiger partial charge in [-0.1, -0.05) is 6.92 Å². The molecular formula is C12H26ClN3O3S. The van der Waals surface area contributed by atoms with Gasteiger partial charge in [-0.15, -0.1) is 12.4 Å². The van der Waals surface area contributed by atoms with Crippen LogP contribution in [0.2, 0.25) is 0 Å².